The molecule has 1 aromatic carbocycles. The fraction of sp³-hybridized carbons (Fsp3) is 0.462. The molecule has 0 bridgehead atoms. The second-order valence-electron chi connectivity index (χ2n) is 5.00. The Morgan fingerprint density at radius 2 is 2.16 bits per heavy atom. The highest BCUT2D eigenvalue weighted by Crippen LogP contribution is 2.14. The summed E-state index contributed by atoms with van der Waals surface area (Å²) in [5.41, 5.74) is 6.35. The molecule has 0 atom stereocenters. The third-order valence-electron chi connectivity index (χ3n) is 2.95. The fourth-order valence-corrected chi connectivity index (χ4v) is 1.70. The summed E-state index contributed by atoms with van der Waals surface area (Å²) in [6.07, 6.45) is 0.590. The van der Waals surface area contributed by atoms with Gasteiger partial charge in [-0.1, -0.05) is 11.2 Å². The van der Waals surface area contributed by atoms with E-state index < -0.39 is 5.82 Å². The first-order valence-electron chi connectivity index (χ1n) is 6.02. The first-order valence-corrected chi connectivity index (χ1v) is 6.02. The van der Waals surface area contributed by atoms with Gasteiger partial charge in [-0.2, -0.15) is 0 Å². The minimum Gasteiger partial charge on any atom is -0.409 e. The van der Waals surface area contributed by atoms with Crippen molar-refractivity contribution >= 4 is 5.84 Å². The summed E-state index contributed by atoms with van der Waals surface area (Å²) in [6.45, 7) is 4.42. The minimum absolute atomic E-state index is 0.0799. The third kappa shape index (κ3) is 4.50. The number of halogens is 1. The zero-order valence-electron chi connectivity index (χ0n) is 11.2. The van der Waals surface area contributed by atoms with E-state index in [4.69, 9.17) is 16.0 Å². The Hall–Kier alpha value is -1.66. The Morgan fingerprint density at radius 3 is 2.74 bits per heavy atom. The molecule has 0 unspecified atom stereocenters. The summed E-state index contributed by atoms with van der Waals surface area (Å²) >= 11 is 0. The minimum atomic E-state index is -0.444. The van der Waals surface area contributed by atoms with Gasteiger partial charge < -0.3 is 21.4 Å². The number of nitrogens with zero attached hydrogens (tertiary/aromatic N) is 1. The van der Waals surface area contributed by atoms with Crippen LogP contribution < -0.4 is 11.1 Å². The average Bonchev–Trinajstić information content (AvgIpc) is 2.36. The van der Waals surface area contributed by atoms with Gasteiger partial charge in [-0.05, 0) is 38.0 Å². The summed E-state index contributed by atoms with van der Waals surface area (Å²) < 4.78 is 13.2. The highest BCUT2D eigenvalue weighted by atomic mass is 19.1. The van der Waals surface area contributed by atoms with E-state index in [2.05, 4.69) is 10.5 Å². The molecule has 0 spiro atoms. The monoisotopic (exact) mass is 269 g/mol. The second kappa shape index (κ2) is 6.49. The zero-order valence-corrected chi connectivity index (χ0v) is 11.2. The number of oxime groups is 1. The lowest BCUT2D eigenvalue weighted by Gasteiger charge is -2.26. The molecule has 5 N–H and O–H groups in total. The topological polar surface area (TPSA) is 90.9 Å². The number of hydrogen-bond acceptors (Lipinski definition) is 4. The van der Waals surface area contributed by atoms with Crippen LogP contribution in [-0.2, 0) is 6.54 Å². The maximum Gasteiger partial charge on any atom is 0.170 e. The van der Waals surface area contributed by atoms with Gasteiger partial charge in [0.1, 0.15) is 5.82 Å². The average molecular weight is 269 g/mol. The normalized spacial score (nSPS) is 12.7. The van der Waals surface area contributed by atoms with Crippen LogP contribution >= 0.6 is 0 Å². The summed E-state index contributed by atoms with van der Waals surface area (Å²) in [6, 6.07) is 4.14. The van der Waals surface area contributed by atoms with Crippen molar-refractivity contribution in [1.29, 1.82) is 0 Å². The van der Waals surface area contributed by atoms with Gasteiger partial charge in [0.15, 0.2) is 5.84 Å². The first kappa shape index (κ1) is 15.4. The molecule has 106 valence electrons. The van der Waals surface area contributed by atoms with Gasteiger partial charge in [0.25, 0.3) is 0 Å². The maximum atomic E-state index is 13.2. The molecule has 0 aromatic heterocycles. The van der Waals surface area contributed by atoms with Crippen molar-refractivity contribution in [3.8, 4) is 0 Å². The summed E-state index contributed by atoms with van der Waals surface area (Å²) in [7, 11) is 0. The van der Waals surface area contributed by atoms with Crippen LogP contribution in [0.4, 0.5) is 4.39 Å². The van der Waals surface area contributed by atoms with Crippen LogP contribution in [0.5, 0.6) is 0 Å². The molecule has 1 aromatic rings. The molecule has 5 nitrogen and oxygen atoms in total. The molecule has 0 amide bonds. The van der Waals surface area contributed by atoms with Crippen molar-refractivity contribution in [2.24, 2.45) is 10.9 Å². The number of benzene rings is 1. The van der Waals surface area contributed by atoms with E-state index in [-0.39, 0.29) is 18.0 Å². The highest BCUT2D eigenvalue weighted by Gasteiger charge is 2.17. The largest absolute Gasteiger partial charge is 0.409 e. The Balaban J connectivity index is 2.89. The molecule has 1 rings (SSSR count). The molecular formula is C13H20FN3O2. The zero-order chi connectivity index (χ0) is 14.5. The van der Waals surface area contributed by atoms with Gasteiger partial charge in [0.2, 0.25) is 0 Å². The van der Waals surface area contributed by atoms with Crippen LogP contribution in [0.3, 0.4) is 0 Å². The maximum absolute atomic E-state index is 13.2. The van der Waals surface area contributed by atoms with Gasteiger partial charge in [-0.3, -0.25) is 0 Å². The molecule has 0 saturated heterocycles. The summed E-state index contributed by atoms with van der Waals surface area (Å²) in [5.74, 6) is -0.573. The molecule has 0 fully saturated rings. The van der Waals surface area contributed by atoms with Crippen molar-refractivity contribution in [3.05, 3.63) is 35.1 Å². The molecule has 0 radical (unpaired) electrons. The SMILES string of the molecule is CC(C)(CCO)NCc1ccc(F)cc1/C(N)=N/O. The second-order valence-corrected chi connectivity index (χ2v) is 5.00. The number of aliphatic hydroxyl groups excluding tert-OH is 1. The van der Waals surface area contributed by atoms with E-state index in [9.17, 15) is 4.39 Å². The van der Waals surface area contributed by atoms with E-state index in [0.717, 1.165) is 5.56 Å². The molecule has 0 aliphatic rings. The van der Waals surface area contributed by atoms with Crippen molar-refractivity contribution in [3.63, 3.8) is 0 Å². The van der Waals surface area contributed by atoms with E-state index in [0.29, 0.717) is 18.5 Å². The molecule has 0 saturated carbocycles. The van der Waals surface area contributed by atoms with Gasteiger partial charge in [0, 0.05) is 24.3 Å². The Morgan fingerprint density at radius 1 is 1.47 bits per heavy atom. The van der Waals surface area contributed by atoms with Crippen LogP contribution in [-0.4, -0.2) is 28.3 Å². The summed E-state index contributed by atoms with van der Waals surface area (Å²) in [4.78, 5) is 0. The van der Waals surface area contributed by atoms with Crippen LogP contribution in [0.1, 0.15) is 31.4 Å². The number of nitrogens with one attached hydrogen (secondary N) is 1. The van der Waals surface area contributed by atoms with Crippen molar-refractivity contribution in [1.82, 2.24) is 5.32 Å². The van der Waals surface area contributed by atoms with Gasteiger partial charge in [-0.15, -0.1) is 0 Å². The standard InChI is InChI=1S/C13H20FN3O2/c1-13(2,5-6-18)16-8-9-3-4-10(14)7-11(9)12(15)17-19/h3-4,7,16,18-19H,5-6,8H2,1-2H3,(H2,15,17). The lowest BCUT2D eigenvalue weighted by atomic mass is 9.99. The van der Waals surface area contributed by atoms with E-state index >= 15 is 0 Å². The third-order valence-corrected chi connectivity index (χ3v) is 2.95. The Labute approximate surface area is 111 Å². The van der Waals surface area contributed by atoms with Crippen molar-refractivity contribution < 1.29 is 14.7 Å². The van der Waals surface area contributed by atoms with Crippen LogP contribution in [0, 0.1) is 5.82 Å². The van der Waals surface area contributed by atoms with Gasteiger partial charge >= 0.3 is 0 Å². The quantitative estimate of drug-likeness (QED) is 0.270. The van der Waals surface area contributed by atoms with E-state index in [1.54, 1.807) is 6.07 Å². The number of nitrogens with two attached hydrogens (primary N) is 1. The predicted molar refractivity (Wildman–Crippen MR) is 71.5 cm³/mol. The number of amidine groups is 1. The van der Waals surface area contributed by atoms with Crippen LogP contribution in [0.25, 0.3) is 0 Å². The Bertz CT molecular complexity index is 461. The van der Waals surface area contributed by atoms with Crippen LogP contribution in [0.15, 0.2) is 23.4 Å². The molecule has 6 heteroatoms. The van der Waals surface area contributed by atoms with E-state index in [1.165, 1.54) is 12.1 Å². The van der Waals surface area contributed by atoms with Gasteiger partial charge in [0.05, 0.1) is 0 Å². The lowest BCUT2D eigenvalue weighted by Crippen LogP contribution is -2.39. The lowest BCUT2D eigenvalue weighted by molar-refractivity contribution is 0.230. The number of rotatable bonds is 6. The molecule has 19 heavy (non-hydrogen) atoms. The smallest absolute Gasteiger partial charge is 0.170 e. The molecule has 0 aliphatic carbocycles. The fourth-order valence-electron chi connectivity index (χ4n) is 1.70. The Kier molecular flexibility index (Phi) is 5.26. The number of aliphatic hydroxyl groups is 1. The van der Waals surface area contributed by atoms with E-state index in [1.807, 2.05) is 13.8 Å². The van der Waals surface area contributed by atoms with Crippen molar-refractivity contribution in [2.75, 3.05) is 6.61 Å². The predicted octanol–water partition coefficient (Wildman–Crippen LogP) is 1.17. The summed E-state index contributed by atoms with van der Waals surface area (Å²) in [5, 5.41) is 23.8. The highest BCUT2D eigenvalue weighted by molar-refractivity contribution is 5.98. The van der Waals surface area contributed by atoms with Gasteiger partial charge in [-0.25, -0.2) is 4.39 Å². The molecule has 0 aliphatic heterocycles. The van der Waals surface area contributed by atoms with Crippen LogP contribution in [0.2, 0.25) is 0 Å². The number of hydrogen-bond donors (Lipinski definition) is 4. The first-order chi connectivity index (χ1) is 8.89. The molecule has 0 heterocycles. The van der Waals surface area contributed by atoms with Crippen molar-refractivity contribution in [2.45, 2.75) is 32.4 Å². The molecular weight excluding hydrogens is 249 g/mol.